The largest absolute Gasteiger partial charge is 0.462 e. The molecule has 0 atom stereocenters. The molecule has 0 radical (unpaired) electrons. The van der Waals surface area contributed by atoms with E-state index in [4.69, 9.17) is 27.9 Å². The molecule has 1 aromatic carbocycles. The normalized spacial score (nSPS) is 10.3. The lowest BCUT2D eigenvalue weighted by Crippen LogP contribution is -2.05. The summed E-state index contributed by atoms with van der Waals surface area (Å²) in [6.45, 7) is 2.61. The summed E-state index contributed by atoms with van der Waals surface area (Å²) >= 11 is 13.0. The molecule has 0 saturated heterocycles. The maximum absolute atomic E-state index is 11.5. The molecule has 0 spiro atoms. The Kier molecular flexibility index (Phi) is 5.23. The van der Waals surface area contributed by atoms with E-state index in [-0.39, 0.29) is 5.97 Å². The van der Waals surface area contributed by atoms with E-state index in [9.17, 15) is 4.79 Å². The lowest BCUT2D eigenvalue weighted by atomic mass is 10.2. The Bertz CT molecular complexity index is 599. The fraction of sp³-hybridized carbons (Fsp3) is 0.231. The van der Waals surface area contributed by atoms with E-state index >= 15 is 0 Å². The molecule has 0 aliphatic rings. The van der Waals surface area contributed by atoms with E-state index in [0.29, 0.717) is 33.8 Å². The number of halogens is 2. The molecule has 4 nitrogen and oxygen atoms in total. The van der Waals surface area contributed by atoms with Crippen LogP contribution in [0.1, 0.15) is 23.0 Å². The highest BCUT2D eigenvalue weighted by atomic mass is 35.5. The zero-order chi connectivity index (χ0) is 14.5. The number of benzene rings is 1. The first-order chi connectivity index (χ1) is 9.61. The Morgan fingerprint density at radius 1 is 1.35 bits per heavy atom. The Labute approximate surface area is 130 Å². The van der Waals surface area contributed by atoms with Gasteiger partial charge in [0.2, 0.25) is 0 Å². The van der Waals surface area contributed by atoms with E-state index in [1.165, 1.54) is 0 Å². The van der Waals surface area contributed by atoms with Gasteiger partial charge >= 0.3 is 5.97 Å². The number of esters is 1. The van der Waals surface area contributed by atoms with Gasteiger partial charge in [-0.25, -0.2) is 4.79 Å². The van der Waals surface area contributed by atoms with Crippen LogP contribution in [0.25, 0.3) is 0 Å². The fourth-order valence-corrected chi connectivity index (χ4v) is 2.54. The smallest absolute Gasteiger partial charge is 0.338 e. The van der Waals surface area contributed by atoms with Crippen molar-refractivity contribution >= 4 is 46.4 Å². The lowest BCUT2D eigenvalue weighted by molar-refractivity contribution is 0.0526. The van der Waals surface area contributed by atoms with Crippen molar-refractivity contribution < 1.29 is 9.53 Å². The van der Waals surface area contributed by atoms with Gasteiger partial charge in [0, 0.05) is 5.69 Å². The minimum Gasteiger partial charge on any atom is -0.462 e. The molecule has 0 unspecified atom stereocenters. The third-order valence-corrected chi connectivity index (χ3v) is 4.21. The van der Waals surface area contributed by atoms with Gasteiger partial charge in [0.1, 0.15) is 4.34 Å². The molecule has 0 amide bonds. The zero-order valence-corrected chi connectivity index (χ0v) is 13.0. The number of carbonyl (C=O) groups is 1. The summed E-state index contributed by atoms with van der Waals surface area (Å²) in [6.07, 6.45) is 0. The number of carbonyl (C=O) groups excluding carboxylic acids is 1. The summed E-state index contributed by atoms with van der Waals surface area (Å²) in [4.78, 5) is 11.5. The number of aromatic nitrogens is 1. The van der Waals surface area contributed by atoms with Crippen molar-refractivity contribution in [1.82, 2.24) is 4.37 Å². The molecular weight excluding hydrogens is 319 g/mol. The van der Waals surface area contributed by atoms with Crippen molar-refractivity contribution in [3.63, 3.8) is 0 Å². The van der Waals surface area contributed by atoms with Gasteiger partial charge in [-0.1, -0.05) is 23.2 Å². The Balaban J connectivity index is 1.97. The second kappa shape index (κ2) is 6.92. The van der Waals surface area contributed by atoms with Crippen LogP contribution in [-0.4, -0.2) is 16.9 Å². The highest BCUT2D eigenvalue weighted by Gasteiger charge is 2.10. The monoisotopic (exact) mass is 330 g/mol. The summed E-state index contributed by atoms with van der Waals surface area (Å²) in [6, 6.07) is 7.01. The van der Waals surface area contributed by atoms with Crippen LogP contribution < -0.4 is 5.32 Å². The van der Waals surface area contributed by atoms with Crippen molar-refractivity contribution in [3.8, 4) is 0 Å². The lowest BCUT2D eigenvalue weighted by Gasteiger charge is -2.06. The van der Waals surface area contributed by atoms with E-state index in [2.05, 4.69) is 9.69 Å². The van der Waals surface area contributed by atoms with E-state index in [1.54, 1.807) is 31.2 Å². The van der Waals surface area contributed by atoms with Gasteiger partial charge in [-0.2, -0.15) is 4.37 Å². The van der Waals surface area contributed by atoms with E-state index in [0.717, 1.165) is 17.2 Å². The molecule has 2 aromatic rings. The van der Waals surface area contributed by atoms with Gasteiger partial charge < -0.3 is 10.1 Å². The van der Waals surface area contributed by atoms with Crippen LogP contribution in [0, 0.1) is 0 Å². The number of nitrogens with zero attached hydrogens (tertiary/aromatic N) is 1. The Morgan fingerprint density at radius 2 is 2.05 bits per heavy atom. The molecule has 7 heteroatoms. The number of hydrogen-bond donors (Lipinski definition) is 1. The average Bonchev–Trinajstić information content (AvgIpc) is 2.77. The number of rotatable bonds is 5. The minimum atomic E-state index is -0.326. The molecule has 1 aromatic heterocycles. The quantitative estimate of drug-likeness (QED) is 0.833. The molecule has 0 saturated carbocycles. The summed E-state index contributed by atoms with van der Waals surface area (Å²) in [5.41, 5.74) is 2.08. The molecule has 0 fully saturated rings. The summed E-state index contributed by atoms with van der Waals surface area (Å²) in [5, 5.41) is 3.64. The van der Waals surface area contributed by atoms with Gasteiger partial charge in [0.05, 0.1) is 29.4 Å². The summed E-state index contributed by atoms with van der Waals surface area (Å²) in [5.74, 6) is -0.326. The van der Waals surface area contributed by atoms with Gasteiger partial charge in [0.25, 0.3) is 0 Å². The maximum atomic E-state index is 11.5. The molecule has 0 aliphatic carbocycles. The molecule has 0 bridgehead atoms. The summed E-state index contributed by atoms with van der Waals surface area (Å²) in [7, 11) is 0. The third-order valence-electron chi connectivity index (χ3n) is 2.52. The summed E-state index contributed by atoms with van der Waals surface area (Å²) < 4.78 is 9.54. The van der Waals surface area contributed by atoms with Crippen LogP contribution >= 0.6 is 34.7 Å². The molecule has 1 heterocycles. The number of anilines is 1. The van der Waals surface area contributed by atoms with Crippen LogP contribution in [0.2, 0.25) is 9.36 Å². The van der Waals surface area contributed by atoms with Gasteiger partial charge in [0.15, 0.2) is 0 Å². The predicted octanol–water partition coefficient (Wildman–Crippen LogP) is 4.24. The van der Waals surface area contributed by atoms with Crippen molar-refractivity contribution in [2.75, 3.05) is 11.9 Å². The first-order valence-corrected chi connectivity index (χ1v) is 7.45. The number of hydrogen-bond acceptors (Lipinski definition) is 5. The van der Waals surface area contributed by atoms with Crippen LogP contribution in [0.4, 0.5) is 5.69 Å². The van der Waals surface area contributed by atoms with E-state index < -0.39 is 0 Å². The number of nitrogens with one attached hydrogen (secondary N) is 1. The van der Waals surface area contributed by atoms with Crippen LogP contribution in [0.3, 0.4) is 0 Å². The zero-order valence-electron chi connectivity index (χ0n) is 10.7. The van der Waals surface area contributed by atoms with Crippen molar-refractivity contribution in [3.05, 3.63) is 44.9 Å². The van der Waals surface area contributed by atoms with Crippen molar-refractivity contribution in [2.45, 2.75) is 13.5 Å². The first kappa shape index (κ1) is 15.1. The molecule has 1 N–H and O–H groups in total. The second-order valence-electron chi connectivity index (χ2n) is 3.87. The standard InChI is InChI=1S/C13H12Cl2N2O2S/c1-2-19-13(18)8-3-5-9(6-4-8)16-7-10-11(14)12(15)20-17-10/h3-6,16H,2,7H2,1H3. The predicted molar refractivity (Wildman–Crippen MR) is 81.9 cm³/mol. The van der Waals surface area contributed by atoms with Gasteiger partial charge in [-0.05, 0) is 42.7 Å². The third kappa shape index (κ3) is 3.62. The van der Waals surface area contributed by atoms with Crippen molar-refractivity contribution in [2.24, 2.45) is 0 Å². The highest BCUT2D eigenvalue weighted by Crippen LogP contribution is 2.29. The fourth-order valence-electron chi connectivity index (χ4n) is 1.52. The average molecular weight is 331 g/mol. The molecule has 106 valence electrons. The van der Waals surface area contributed by atoms with E-state index in [1.807, 2.05) is 0 Å². The van der Waals surface area contributed by atoms with Crippen molar-refractivity contribution in [1.29, 1.82) is 0 Å². The maximum Gasteiger partial charge on any atom is 0.338 e. The minimum absolute atomic E-state index is 0.326. The molecular formula is C13H12Cl2N2O2S. The molecule has 0 aliphatic heterocycles. The first-order valence-electron chi connectivity index (χ1n) is 5.92. The topological polar surface area (TPSA) is 51.2 Å². The molecule has 20 heavy (non-hydrogen) atoms. The van der Waals surface area contributed by atoms with Gasteiger partial charge in [-0.3, -0.25) is 0 Å². The van der Waals surface area contributed by atoms with Gasteiger partial charge in [-0.15, -0.1) is 0 Å². The SMILES string of the molecule is CCOC(=O)c1ccc(NCc2nsc(Cl)c2Cl)cc1. The van der Waals surface area contributed by atoms with Crippen LogP contribution in [0.15, 0.2) is 24.3 Å². The highest BCUT2D eigenvalue weighted by molar-refractivity contribution is 7.11. The van der Waals surface area contributed by atoms with Crippen LogP contribution in [-0.2, 0) is 11.3 Å². The van der Waals surface area contributed by atoms with Crippen LogP contribution in [0.5, 0.6) is 0 Å². The Morgan fingerprint density at radius 3 is 2.60 bits per heavy atom. The Hall–Kier alpha value is -1.30. The number of ether oxygens (including phenoxy) is 1. The second-order valence-corrected chi connectivity index (χ2v) is 5.62. The molecule has 2 rings (SSSR count).